The number of carbonyl (C=O) groups excluding carboxylic acids is 1. The zero-order chi connectivity index (χ0) is 12.8. The highest BCUT2D eigenvalue weighted by atomic mass is 79.9. The van der Waals surface area contributed by atoms with Crippen LogP contribution in [0.25, 0.3) is 0 Å². The molecule has 0 bridgehead atoms. The first-order chi connectivity index (χ1) is 8.27. The third kappa shape index (κ3) is 15.2. The lowest BCUT2D eigenvalue weighted by Crippen LogP contribution is -1.99. The Kier molecular flexibility index (Phi) is 12.7. The molecule has 0 radical (unpaired) electrons. The summed E-state index contributed by atoms with van der Waals surface area (Å²) in [5.41, 5.74) is 0. The Morgan fingerprint density at radius 2 is 1.82 bits per heavy atom. The van der Waals surface area contributed by atoms with E-state index in [1.807, 2.05) is 0 Å². The molecule has 0 aromatic heterocycles. The maximum absolute atomic E-state index is 10.5. The minimum Gasteiger partial charge on any atom is -0.466 e. The SMILES string of the molecule is CC(=O)OCCCCCCCCC#C/C=C/Br. The van der Waals surface area contributed by atoms with E-state index in [4.69, 9.17) is 4.74 Å². The van der Waals surface area contributed by atoms with Crippen LogP contribution in [0.15, 0.2) is 11.1 Å². The summed E-state index contributed by atoms with van der Waals surface area (Å²) in [6.07, 6.45) is 9.78. The molecule has 96 valence electrons. The van der Waals surface area contributed by atoms with Gasteiger partial charge in [-0.25, -0.2) is 0 Å². The van der Waals surface area contributed by atoms with Crippen LogP contribution in [0.5, 0.6) is 0 Å². The second kappa shape index (κ2) is 13.3. The number of unbranched alkanes of at least 4 members (excludes halogenated alkanes) is 6. The van der Waals surface area contributed by atoms with E-state index in [0.29, 0.717) is 6.61 Å². The van der Waals surface area contributed by atoms with Crippen molar-refractivity contribution in [1.29, 1.82) is 0 Å². The Morgan fingerprint density at radius 1 is 1.18 bits per heavy atom. The van der Waals surface area contributed by atoms with Crippen LogP contribution in [0.1, 0.15) is 51.9 Å². The van der Waals surface area contributed by atoms with Gasteiger partial charge in [0.25, 0.3) is 0 Å². The van der Waals surface area contributed by atoms with Crippen LogP contribution in [0, 0.1) is 11.8 Å². The molecule has 0 fully saturated rings. The van der Waals surface area contributed by atoms with Crippen LogP contribution in [0.3, 0.4) is 0 Å². The van der Waals surface area contributed by atoms with Crippen LogP contribution in [-0.2, 0) is 9.53 Å². The van der Waals surface area contributed by atoms with Crippen molar-refractivity contribution in [3.05, 3.63) is 11.1 Å². The Labute approximate surface area is 113 Å². The van der Waals surface area contributed by atoms with Gasteiger partial charge in [0.15, 0.2) is 0 Å². The molecular weight excluding hydrogens is 280 g/mol. The highest BCUT2D eigenvalue weighted by Crippen LogP contribution is 2.06. The van der Waals surface area contributed by atoms with Gasteiger partial charge in [0.05, 0.1) is 6.61 Å². The van der Waals surface area contributed by atoms with E-state index >= 15 is 0 Å². The number of allylic oxidation sites excluding steroid dienone is 1. The fourth-order valence-corrected chi connectivity index (χ4v) is 1.53. The molecule has 0 aromatic rings. The van der Waals surface area contributed by atoms with Crippen LogP contribution < -0.4 is 0 Å². The summed E-state index contributed by atoms with van der Waals surface area (Å²) >= 11 is 3.17. The van der Waals surface area contributed by atoms with Gasteiger partial charge < -0.3 is 4.74 Å². The highest BCUT2D eigenvalue weighted by molar-refractivity contribution is 9.11. The number of hydrogen-bond acceptors (Lipinski definition) is 2. The first-order valence-electron chi connectivity index (χ1n) is 6.14. The van der Waals surface area contributed by atoms with Crippen LogP contribution in [0.2, 0.25) is 0 Å². The Balaban J connectivity index is 3.09. The van der Waals surface area contributed by atoms with E-state index in [1.165, 1.54) is 32.6 Å². The smallest absolute Gasteiger partial charge is 0.302 e. The molecule has 0 N–H and O–H groups in total. The van der Waals surface area contributed by atoms with E-state index in [1.54, 1.807) is 11.1 Å². The summed E-state index contributed by atoms with van der Waals surface area (Å²) < 4.78 is 4.86. The zero-order valence-electron chi connectivity index (χ0n) is 10.5. The van der Waals surface area contributed by atoms with Crippen molar-refractivity contribution in [2.75, 3.05) is 6.61 Å². The van der Waals surface area contributed by atoms with Gasteiger partial charge in [0.1, 0.15) is 0 Å². The third-order valence-corrected chi connectivity index (χ3v) is 2.51. The molecule has 0 rings (SSSR count). The van der Waals surface area contributed by atoms with Gasteiger partial charge in [-0.2, -0.15) is 0 Å². The maximum Gasteiger partial charge on any atom is 0.302 e. The summed E-state index contributed by atoms with van der Waals surface area (Å²) in [5, 5.41) is 0. The predicted octanol–water partition coefficient (Wildman–Crippen LogP) is 4.19. The lowest BCUT2D eigenvalue weighted by atomic mass is 10.1. The molecule has 0 unspecified atom stereocenters. The van der Waals surface area contributed by atoms with E-state index in [0.717, 1.165) is 19.3 Å². The van der Waals surface area contributed by atoms with Crippen molar-refractivity contribution in [1.82, 2.24) is 0 Å². The first-order valence-corrected chi connectivity index (χ1v) is 7.06. The molecule has 0 saturated heterocycles. The zero-order valence-corrected chi connectivity index (χ0v) is 12.1. The summed E-state index contributed by atoms with van der Waals surface area (Å²) in [7, 11) is 0. The molecule has 0 saturated carbocycles. The number of esters is 1. The normalized spacial score (nSPS) is 10.0. The molecule has 0 amide bonds. The minimum atomic E-state index is -0.180. The van der Waals surface area contributed by atoms with Crippen molar-refractivity contribution >= 4 is 21.9 Å². The van der Waals surface area contributed by atoms with Crippen LogP contribution in [0.4, 0.5) is 0 Å². The predicted molar refractivity (Wildman–Crippen MR) is 74.8 cm³/mol. The number of ether oxygens (including phenoxy) is 1. The summed E-state index contributed by atoms with van der Waals surface area (Å²) in [6.45, 7) is 2.02. The quantitative estimate of drug-likeness (QED) is 0.382. The van der Waals surface area contributed by atoms with E-state index in [2.05, 4.69) is 27.8 Å². The average Bonchev–Trinajstić information content (AvgIpc) is 2.30. The number of carbonyl (C=O) groups is 1. The Bertz CT molecular complexity index is 274. The topological polar surface area (TPSA) is 26.3 Å². The number of rotatable bonds is 8. The van der Waals surface area contributed by atoms with Gasteiger partial charge in [0, 0.05) is 13.3 Å². The molecule has 0 atom stereocenters. The third-order valence-electron chi connectivity index (χ3n) is 2.25. The van der Waals surface area contributed by atoms with Gasteiger partial charge in [-0.15, -0.1) is 0 Å². The molecular formula is C14H21BrO2. The van der Waals surface area contributed by atoms with Crippen molar-refractivity contribution in [2.45, 2.75) is 51.9 Å². The molecule has 2 nitrogen and oxygen atoms in total. The van der Waals surface area contributed by atoms with Crippen LogP contribution >= 0.6 is 15.9 Å². The van der Waals surface area contributed by atoms with Gasteiger partial charge in [0.2, 0.25) is 0 Å². The molecule has 3 heteroatoms. The summed E-state index contributed by atoms with van der Waals surface area (Å²) in [5.74, 6) is 5.84. The molecule has 0 aliphatic heterocycles. The molecule has 17 heavy (non-hydrogen) atoms. The number of halogens is 1. The second-order valence-electron chi connectivity index (χ2n) is 3.83. The lowest BCUT2D eigenvalue weighted by Gasteiger charge is -2.01. The maximum atomic E-state index is 10.5. The Morgan fingerprint density at radius 3 is 2.47 bits per heavy atom. The van der Waals surface area contributed by atoms with Gasteiger partial charge in [-0.05, 0) is 23.9 Å². The summed E-state index contributed by atoms with van der Waals surface area (Å²) in [4.78, 5) is 12.3. The van der Waals surface area contributed by atoms with Crippen molar-refractivity contribution < 1.29 is 9.53 Å². The Hall–Kier alpha value is -0.750. The van der Waals surface area contributed by atoms with E-state index in [-0.39, 0.29) is 5.97 Å². The molecule has 0 aliphatic rings. The minimum absolute atomic E-state index is 0.180. The van der Waals surface area contributed by atoms with Crippen molar-refractivity contribution in [2.24, 2.45) is 0 Å². The summed E-state index contributed by atoms with van der Waals surface area (Å²) in [6, 6.07) is 0. The van der Waals surface area contributed by atoms with Gasteiger partial charge >= 0.3 is 5.97 Å². The van der Waals surface area contributed by atoms with E-state index in [9.17, 15) is 4.79 Å². The standard InChI is InChI=1S/C14H21BrO2/c1-14(16)17-13-11-9-7-5-3-2-4-6-8-10-12-15/h10,12H,2-5,7,9,11,13H2,1H3/b12-10+. The molecule has 0 aromatic carbocycles. The van der Waals surface area contributed by atoms with Crippen molar-refractivity contribution in [3.8, 4) is 11.8 Å². The van der Waals surface area contributed by atoms with Gasteiger partial charge in [-0.1, -0.05) is 53.5 Å². The largest absolute Gasteiger partial charge is 0.466 e. The molecule has 0 heterocycles. The average molecular weight is 301 g/mol. The van der Waals surface area contributed by atoms with E-state index < -0.39 is 0 Å². The molecule has 0 aliphatic carbocycles. The fraction of sp³-hybridized carbons (Fsp3) is 0.643. The second-order valence-corrected chi connectivity index (χ2v) is 4.35. The molecule has 0 spiro atoms. The highest BCUT2D eigenvalue weighted by Gasteiger charge is 1.93. The lowest BCUT2D eigenvalue weighted by molar-refractivity contribution is -0.141. The van der Waals surface area contributed by atoms with Crippen LogP contribution in [-0.4, -0.2) is 12.6 Å². The van der Waals surface area contributed by atoms with Crippen molar-refractivity contribution in [3.63, 3.8) is 0 Å². The van der Waals surface area contributed by atoms with Gasteiger partial charge in [-0.3, -0.25) is 4.79 Å². The monoisotopic (exact) mass is 300 g/mol. The fourth-order valence-electron chi connectivity index (χ4n) is 1.40. The first kappa shape index (κ1) is 16.2. The number of hydrogen-bond donors (Lipinski definition) is 0.